The SMILES string of the molecule is CC(C)n1c(Sc2nc(NN)ncc2[N+](=O)[O-])n[nH]c1=O. The first-order chi connectivity index (χ1) is 9.93. The second kappa shape index (κ2) is 5.88. The first kappa shape index (κ1) is 14.9. The fourth-order valence-corrected chi connectivity index (χ4v) is 2.55. The van der Waals surface area contributed by atoms with Crippen LogP contribution in [0.25, 0.3) is 0 Å². The highest BCUT2D eigenvalue weighted by Gasteiger charge is 2.22. The molecule has 0 radical (unpaired) electrons. The second-order valence-electron chi connectivity index (χ2n) is 4.16. The third-order valence-corrected chi connectivity index (χ3v) is 3.40. The second-order valence-corrected chi connectivity index (χ2v) is 5.12. The number of aromatic amines is 1. The zero-order chi connectivity index (χ0) is 15.6. The molecule has 0 aromatic carbocycles. The number of hydrogen-bond donors (Lipinski definition) is 3. The fourth-order valence-electron chi connectivity index (χ4n) is 1.53. The molecule has 2 aromatic rings. The Morgan fingerprint density at radius 1 is 1.57 bits per heavy atom. The van der Waals surface area contributed by atoms with Crippen LogP contribution < -0.4 is 17.0 Å². The van der Waals surface area contributed by atoms with Crippen LogP contribution in [0.3, 0.4) is 0 Å². The van der Waals surface area contributed by atoms with Crippen LogP contribution in [0.1, 0.15) is 19.9 Å². The van der Waals surface area contributed by atoms with Gasteiger partial charge in [0.2, 0.25) is 5.95 Å². The molecule has 2 aromatic heterocycles. The van der Waals surface area contributed by atoms with E-state index in [-0.39, 0.29) is 27.9 Å². The van der Waals surface area contributed by atoms with E-state index in [0.717, 1.165) is 18.0 Å². The third kappa shape index (κ3) is 3.00. The molecule has 0 saturated heterocycles. The van der Waals surface area contributed by atoms with E-state index in [0.29, 0.717) is 0 Å². The van der Waals surface area contributed by atoms with Gasteiger partial charge in [0.1, 0.15) is 6.20 Å². The van der Waals surface area contributed by atoms with Crippen LogP contribution in [0.5, 0.6) is 0 Å². The van der Waals surface area contributed by atoms with Crippen molar-refractivity contribution >= 4 is 23.4 Å². The maximum Gasteiger partial charge on any atom is 0.344 e. The summed E-state index contributed by atoms with van der Waals surface area (Å²) in [5.41, 5.74) is 1.50. The fraction of sp³-hybridized carbons (Fsp3) is 0.333. The van der Waals surface area contributed by atoms with Crippen LogP contribution in [0.15, 0.2) is 21.2 Å². The van der Waals surface area contributed by atoms with E-state index in [1.54, 1.807) is 13.8 Å². The highest BCUT2D eigenvalue weighted by Crippen LogP contribution is 2.32. The van der Waals surface area contributed by atoms with Crippen molar-refractivity contribution in [2.24, 2.45) is 5.84 Å². The number of nitrogen functional groups attached to an aromatic ring is 1. The van der Waals surface area contributed by atoms with Crippen molar-refractivity contribution in [3.8, 4) is 0 Å². The number of nitrogens with zero attached hydrogens (tertiary/aromatic N) is 5. The normalized spacial score (nSPS) is 10.9. The molecule has 11 nitrogen and oxygen atoms in total. The van der Waals surface area contributed by atoms with Crippen molar-refractivity contribution < 1.29 is 4.92 Å². The highest BCUT2D eigenvalue weighted by atomic mass is 32.2. The molecule has 112 valence electrons. The smallest absolute Gasteiger partial charge is 0.292 e. The lowest BCUT2D eigenvalue weighted by Crippen LogP contribution is -2.19. The summed E-state index contributed by atoms with van der Waals surface area (Å²) in [7, 11) is 0. The Labute approximate surface area is 122 Å². The monoisotopic (exact) mass is 312 g/mol. The van der Waals surface area contributed by atoms with Gasteiger partial charge in [-0.2, -0.15) is 4.98 Å². The van der Waals surface area contributed by atoms with Crippen molar-refractivity contribution in [3.63, 3.8) is 0 Å². The molecule has 12 heteroatoms. The van der Waals surface area contributed by atoms with Crippen LogP contribution in [-0.2, 0) is 0 Å². The zero-order valence-corrected chi connectivity index (χ0v) is 11.9. The maximum absolute atomic E-state index is 11.6. The van der Waals surface area contributed by atoms with Gasteiger partial charge in [-0.25, -0.2) is 20.7 Å². The molecule has 4 N–H and O–H groups in total. The van der Waals surface area contributed by atoms with Gasteiger partial charge in [0.25, 0.3) is 0 Å². The van der Waals surface area contributed by atoms with Crippen molar-refractivity contribution in [2.45, 2.75) is 30.1 Å². The van der Waals surface area contributed by atoms with Crippen LogP contribution >= 0.6 is 11.8 Å². The molecule has 2 heterocycles. The molecule has 0 bridgehead atoms. The van der Waals surface area contributed by atoms with Crippen molar-refractivity contribution in [1.82, 2.24) is 24.7 Å². The van der Waals surface area contributed by atoms with E-state index >= 15 is 0 Å². The minimum absolute atomic E-state index is 0.0251. The summed E-state index contributed by atoms with van der Waals surface area (Å²) >= 11 is 0.880. The Kier molecular flexibility index (Phi) is 4.18. The largest absolute Gasteiger partial charge is 0.344 e. The molecule has 0 aliphatic rings. The average molecular weight is 312 g/mol. The summed E-state index contributed by atoms with van der Waals surface area (Å²) < 4.78 is 1.37. The van der Waals surface area contributed by atoms with Crippen molar-refractivity contribution in [1.29, 1.82) is 0 Å². The molecule has 0 spiro atoms. The van der Waals surface area contributed by atoms with Gasteiger partial charge < -0.3 is 0 Å². The lowest BCUT2D eigenvalue weighted by atomic mass is 10.4. The molecule has 2 rings (SSSR count). The minimum Gasteiger partial charge on any atom is -0.292 e. The number of nitrogens with two attached hydrogens (primary N) is 1. The van der Waals surface area contributed by atoms with Gasteiger partial charge in [0, 0.05) is 6.04 Å². The zero-order valence-electron chi connectivity index (χ0n) is 11.1. The number of nitrogens with one attached hydrogen (secondary N) is 2. The molecule has 0 amide bonds. The molecular formula is C9H12N8O3S. The van der Waals surface area contributed by atoms with Crippen LogP contribution in [-0.4, -0.2) is 29.7 Å². The molecule has 21 heavy (non-hydrogen) atoms. The van der Waals surface area contributed by atoms with Gasteiger partial charge in [-0.05, 0) is 25.6 Å². The number of nitro groups is 1. The Hall–Kier alpha value is -2.47. The standard InChI is InChI=1S/C9H12N8O3S/c1-4(2)16-8(18)14-15-9(16)21-6-5(17(19)20)3-11-7(12-6)13-10/h3-4H,10H2,1-2H3,(H,14,18)(H,11,12,13). The highest BCUT2D eigenvalue weighted by molar-refractivity contribution is 7.99. The van der Waals surface area contributed by atoms with Gasteiger partial charge in [-0.1, -0.05) is 0 Å². The summed E-state index contributed by atoms with van der Waals surface area (Å²) in [5, 5.41) is 17.4. The number of H-pyrrole nitrogens is 1. The average Bonchev–Trinajstić information content (AvgIpc) is 2.79. The van der Waals surface area contributed by atoms with E-state index in [9.17, 15) is 14.9 Å². The molecule has 0 fully saturated rings. The van der Waals surface area contributed by atoms with Crippen LogP contribution in [0.4, 0.5) is 11.6 Å². The molecule has 0 saturated carbocycles. The Morgan fingerprint density at radius 2 is 2.29 bits per heavy atom. The molecular weight excluding hydrogens is 300 g/mol. The summed E-state index contributed by atoms with van der Waals surface area (Å²) in [5.74, 6) is 5.21. The third-order valence-electron chi connectivity index (χ3n) is 2.44. The summed E-state index contributed by atoms with van der Waals surface area (Å²) in [6.07, 6.45) is 1.04. The van der Waals surface area contributed by atoms with Crippen molar-refractivity contribution in [3.05, 3.63) is 26.8 Å². The number of hydrazine groups is 1. The number of aromatic nitrogens is 5. The van der Waals surface area contributed by atoms with Gasteiger partial charge in [0.05, 0.1) is 4.92 Å². The van der Waals surface area contributed by atoms with Gasteiger partial charge in [0.15, 0.2) is 10.2 Å². The van der Waals surface area contributed by atoms with E-state index in [1.807, 2.05) is 0 Å². The maximum atomic E-state index is 11.6. The van der Waals surface area contributed by atoms with E-state index < -0.39 is 10.6 Å². The lowest BCUT2D eigenvalue weighted by molar-refractivity contribution is -0.388. The Bertz CT molecular complexity index is 724. The van der Waals surface area contributed by atoms with Gasteiger partial charge in [-0.3, -0.25) is 20.1 Å². The lowest BCUT2D eigenvalue weighted by Gasteiger charge is -2.08. The predicted molar refractivity (Wildman–Crippen MR) is 73.9 cm³/mol. The molecule has 0 aliphatic carbocycles. The number of rotatable bonds is 5. The summed E-state index contributed by atoms with van der Waals surface area (Å²) in [6.45, 7) is 3.59. The van der Waals surface area contributed by atoms with Crippen molar-refractivity contribution in [2.75, 3.05) is 5.43 Å². The van der Waals surface area contributed by atoms with Crippen LogP contribution in [0, 0.1) is 10.1 Å². The van der Waals surface area contributed by atoms with E-state index in [1.165, 1.54) is 4.57 Å². The van der Waals surface area contributed by atoms with E-state index in [4.69, 9.17) is 5.84 Å². The summed E-state index contributed by atoms with van der Waals surface area (Å²) in [4.78, 5) is 29.6. The Morgan fingerprint density at radius 3 is 2.86 bits per heavy atom. The topological polar surface area (TPSA) is 158 Å². The minimum atomic E-state index is -0.618. The van der Waals surface area contributed by atoms with E-state index in [2.05, 4.69) is 25.6 Å². The predicted octanol–water partition coefficient (Wildman–Crippen LogP) is 0.287. The quantitative estimate of drug-likeness (QED) is 0.305. The van der Waals surface area contributed by atoms with Gasteiger partial charge >= 0.3 is 11.4 Å². The number of hydrogen-bond acceptors (Lipinski definition) is 9. The summed E-state index contributed by atoms with van der Waals surface area (Å²) in [6, 6.07) is -0.160. The first-order valence-corrected chi connectivity index (χ1v) is 6.58. The van der Waals surface area contributed by atoms with Gasteiger partial charge in [-0.15, -0.1) is 5.10 Å². The molecule has 0 aliphatic heterocycles. The Balaban J connectivity index is 2.48. The molecule has 0 unspecified atom stereocenters. The van der Waals surface area contributed by atoms with Crippen LogP contribution in [0.2, 0.25) is 0 Å². The first-order valence-electron chi connectivity index (χ1n) is 5.76. The number of anilines is 1. The molecule has 0 atom stereocenters.